The first kappa shape index (κ1) is 15.9. The zero-order valence-corrected chi connectivity index (χ0v) is 13.3. The molecule has 0 aromatic heterocycles. The predicted molar refractivity (Wildman–Crippen MR) is 91.7 cm³/mol. The van der Waals surface area contributed by atoms with Crippen LogP contribution in [0.5, 0.6) is 0 Å². The summed E-state index contributed by atoms with van der Waals surface area (Å²) in [4.78, 5) is 1.42. The van der Waals surface area contributed by atoms with E-state index in [0.717, 1.165) is 5.69 Å². The first-order valence-electron chi connectivity index (χ1n) is 7.17. The van der Waals surface area contributed by atoms with Crippen molar-refractivity contribution in [3.05, 3.63) is 83.1 Å². The van der Waals surface area contributed by atoms with Gasteiger partial charge in [0, 0.05) is 11.9 Å². The number of hydrogen-bond donors (Lipinski definition) is 1. The molecule has 0 spiro atoms. The van der Waals surface area contributed by atoms with Crippen LogP contribution in [0.2, 0.25) is 5.02 Å². The van der Waals surface area contributed by atoms with Crippen LogP contribution in [0, 0.1) is 17.1 Å². The molecule has 0 bridgehead atoms. The van der Waals surface area contributed by atoms with E-state index in [2.05, 4.69) is 5.32 Å². The van der Waals surface area contributed by atoms with Crippen LogP contribution in [0.1, 0.15) is 0 Å². The first-order chi connectivity index (χ1) is 11.7. The normalized spacial score (nSPS) is 14.0. The maximum absolute atomic E-state index is 14.1. The zero-order chi connectivity index (χ0) is 16.9. The monoisotopic (exact) mass is 341 g/mol. The molecule has 24 heavy (non-hydrogen) atoms. The van der Waals surface area contributed by atoms with Crippen molar-refractivity contribution >= 4 is 23.0 Å². The lowest BCUT2D eigenvalue weighted by Gasteiger charge is -2.17. The van der Waals surface area contributed by atoms with E-state index < -0.39 is 5.82 Å². The van der Waals surface area contributed by atoms with Gasteiger partial charge in [0.15, 0.2) is 18.2 Å². The van der Waals surface area contributed by atoms with Gasteiger partial charge in [0.25, 0.3) is 0 Å². The van der Waals surface area contributed by atoms with Crippen LogP contribution in [0.3, 0.4) is 0 Å². The van der Waals surface area contributed by atoms with Crippen LogP contribution < -0.4 is 10.2 Å². The Kier molecular flexibility index (Phi) is 4.69. The summed E-state index contributed by atoms with van der Waals surface area (Å²) in [7, 11) is 0. The summed E-state index contributed by atoms with van der Waals surface area (Å²) in [6.07, 6.45) is 3.29. The number of nitrogens with one attached hydrogen (secondary N) is 1. The van der Waals surface area contributed by atoms with Crippen molar-refractivity contribution in [3.63, 3.8) is 0 Å². The van der Waals surface area contributed by atoms with Gasteiger partial charge in [0.05, 0.1) is 10.7 Å². The average Bonchev–Trinajstić information content (AvgIpc) is 2.98. The summed E-state index contributed by atoms with van der Waals surface area (Å²) in [5.41, 5.74) is 1.24. The molecule has 1 heterocycles. The van der Waals surface area contributed by atoms with E-state index >= 15 is 0 Å². The molecule has 6 heteroatoms. The van der Waals surface area contributed by atoms with E-state index in [1.807, 2.05) is 36.4 Å². The largest absolute Gasteiger partial charge is 0.470 e. The Morgan fingerprint density at radius 1 is 1.21 bits per heavy atom. The molecule has 0 fully saturated rings. The lowest BCUT2D eigenvalue weighted by molar-refractivity contribution is 0.257. The van der Waals surface area contributed by atoms with Crippen LogP contribution in [0.15, 0.2) is 72.3 Å². The van der Waals surface area contributed by atoms with E-state index in [4.69, 9.17) is 16.3 Å². The third-order valence-electron chi connectivity index (χ3n) is 3.42. The second-order valence-corrected chi connectivity index (χ2v) is 5.35. The number of rotatable bonds is 4. The number of halogens is 2. The number of allylic oxidation sites excluding steroid dienone is 2. The Morgan fingerprint density at radius 2 is 2.00 bits per heavy atom. The Morgan fingerprint density at radius 3 is 2.71 bits per heavy atom. The fourth-order valence-electron chi connectivity index (χ4n) is 2.31. The van der Waals surface area contributed by atoms with Crippen molar-refractivity contribution in [1.82, 2.24) is 0 Å². The highest BCUT2D eigenvalue weighted by Crippen LogP contribution is 2.35. The molecule has 2 aromatic rings. The molecule has 1 aliphatic heterocycles. The fourth-order valence-corrected chi connectivity index (χ4v) is 2.58. The summed E-state index contributed by atoms with van der Waals surface area (Å²) in [6, 6.07) is 16.0. The van der Waals surface area contributed by atoms with Crippen molar-refractivity contribution < 1.29 is 9.13 Å². The summed E-state index contributed by atoms with van der Waals surface area (Å²) in [5.74, 6) is -0.160. The van der Waals surface area contributed by atoms with Crippen LogP contribution in [0.4, 0.5) is 15.8 Å². The maximum Gasteiger partial charge on any atom is 0.166 e. The Balaban J connectivity index is 1.84. The molecule has 0 unspecified atom stereocenters. The molecule has 0 saturated carbocycles. The van der Waals surface area contributed by atoms with Gasteiger partial charge in [-0.1, -0.05) is 35.9 Å². The smallest absolute Gasteiger partial charge is 0.166 e. The van der Waals surface area contributed by atoms with E-state index in [1.165, 1.54) is 17.0 Å². The fraction of sp³-hybridized carbons (Fsp3) is 0.0556. The highest BCUT2D eigenvalue weighted by Gasteiger charge is 2.27. The minimum Gasteiger partial charge on any atom is -0.470 e. The van der Waals surface area contributed by atoms with Crippen molar-refractivity contribution in [1.29, 1.82) is 5.26 Å². The highest BCUT2D eigenvalue weighted by molar-refractivity contribution is 6.33. The van der Waals surface area contributed by atoms with E-state index in [0.29, 0.717) is 5.76 Å². The van der Waals surface area contributed by atoms with Gasteiger partial charge in [0.1, 0.15) is 11.9 Å². The molecule has 0 atom stereocenters. The number of nitrogens with zero attached hydrogens (tertiary/aromatic N) is 2. The van der Waals surface area contributed by atoms with Crippen molar-refractivity contribution in [3.8, 4) is 6.07 Å². The molecule has 0 radical (unpaired) electrons. The van der Waals surface area contributed by atoms with Crippen molar-refractivity contribution in [2.45, 2.75) is 0 Å². The van der Waals surface area contributed by atoms with Gasteiger partial charge in [-0.05, 0) is 30.3 Å². The van der Waals surface area contributed by atoms with Crippen molar-refractivity contribution in [2.75, 3.05) is 16.9 Å². The van der Waals surface area contributed by atoms with Gasteiger partial charge in [-0.25, -0.2) is 4.39 Å². The van der Waals surface area contributed by atoms with Gasteiger partial charge in [-0.3, -0.25) is 4.90 Å². The van der Waals surface area contributed by atoms with Gasteiger partial charge in [-0.15, -0.1) is 0 Å². The van der Waals surface area contributed by atoms with Gasteiger partial charge in [0.2, 0.25) is 0 Å². The molecule has 0 amide bonds. The first-order valence-corrected chi connectivity index (χ1v) is 7.55. The lowest BCUT2D eigenvalue weighted by atomic mass is 10.2. The summed E-state index contributed by atoms with van der Waals surface area (Å²) >= 11 is 6.06. The summed E-state index contributed by atoms with van der Waals surface area (Å²) < 4.78 is 19.6. The summed E-state index contributed by atoms with van der Waals surface area (Å²) in [5, 5.41) is 12.7. The molecule has 4 nitrogen and oxygen atoms in total. The second-order valence-electron chi connectivity index (χ2n) is 4.94. The minimum atomic E-state index is -0.508. The van der Waals surface area contributed by atoms with Crippen LogP contribution in [-0.2, 0) is 4.74 Å². The molecule has 0 saturated heterocycles. The number of hydrogen-bond acceptors (Lipinski definition) is 4. The van der Waals surface area contributed by atoms with Crippen LogP contribution in [0.25, 0.3) is 0 Å². The molecule has 0 aliphatic carbocycles. The number of ether oxygens (including phenoxy) is 1. The number of benzene rings is 2. The van der Waals surface area contributed by atoms with E-state index in [1.54, 1.807) is 18.3 Å². The molecular weight excluding hydrogens is 329 g/mol. The molecule has 2 aromatic carbocycles. The number of anilines is 2. The van der Waals surface area contributed by atoms with E-state index in [-0.39, 0.29) is 23.1 Å². The standard InChI is InChI=1S/C18H13ClFN3O/c19-14-7-4-8-15(20)18(14)23-12-24-17(16(23)11-21)9-10-22-13-5-2-1-3-6-13/h1-10,22H,12H2. The lowest BCUT2D eigenvalue weighted by Crippen LogP contribution is -2.20. The van der Waals surface area contributed by atoms with Crippen LogP contribution in [-0.4, -0.2) is 6.73 Å². The molecule has 3 rings (SSSR count). The number of para-hydroxylation sites is 2. The second kappa shape index (κ2) is 7.07. The Hall–Kier alpha value is -2.97. The maximum atomic E-state index is 14.1. The molecular formula is C18H13ClFN3O. The summed E-state index contributed by atoms with van der Waals surface area (Å²) in [6.45, 7) is 0.0224. The zero-order valence-electron chi connectivity index (χ0n) is 12.5. The Labute approximate surface area is 144 Å². The highest BCUT2D eigenvalue weighted by atomic mass is 35.5. The molecule has 120 valence electrons. The quantitative estimate of drug-likeness (QED) is 0.880. The topological polar surface area (TPSA) is 48.3 Å². The minimum absolute atomic E-state index is 0.0224. The third kappa shape index (κ3) is 3.19. The third-order valence-corrected chi connectivity index (χ3v) is 3.73. The SMILES string of the molecule is N#CC1=C(C=CNc2ccccc2)OCN1c1c(F)cccc1Cl. The average molecular weight is 342 g/mol. The molecule has 1 N–H and O–H groups in total. The van der Waals surface area contributed by atoms with Gasteiger partial charge in [-0.2, -0.15) is 5.26 Å². The van der Waals surface area contributed by atoms with Crippen LogP contribution >= 0.6 is 11.6 Å². The van der Waals surface area contributed by atoms with Gasteiger partial charge >= 0.3 is 0 Å². The molecule has 1 aliphatic rings. The van der Waals surface area contributed by atoms with Crippen molar-refractivity contribution in [2.24, 2.45) is 0 Å². The Bertz CT molecular complexity index is 823. The number of nitriles is 1. The predicted octanol–water partition coefficient (Wildman–Crippen LogP) is 4.63. The van der Waals surface area contributed by atoms with Gasteiger partial charge < -0.3 is 10.1 Å². The van der Waals surface area contributed by atoms with E-state index in [9.17, 15) is 9.65 Å².